The van der Waals surface area contributed by atoms with E-state index in [1.165, 1.54) is 5.56 Å². The largest absolute Gasteiger partial charge is 0.496 e. The van der Waals surface area contributed by atoms with Crippen LogP contribution in [0.5, 0.6) is 17.2 Å². The van der Waals surface area contributed by atoms with Gasteiger partial charge in [0.05, 0.1) is 13.7 Å². The molecule has 0 amide bonds. The molecule has 0 aliphatic heterocycles. The highest BCUT2D eigenvalue weighted by atomic mass is 16.7. The Morgan fingerprint density at radius 1 is 0.793 bits per heavy atom. The predicted octanol–water partition coefficient (Wildman–Crippen LogP) is 6.18. The monoisotopic (exact) mass is 394 g/mol. The summed E-state index contributed by atoms with van der Waals surface area (Å²) in [5.74, 6) is 3.03. The van der Waals surface area contributed by atoms with E-state index in [0.29, 0.717) is 19.1 Å². The number of rotatable bonds is 10. The number of benzene rings is 3. The van der Waals surface area contributed by atoms with Gasteiger partial charge in [0.25, 0.3) is 0 Å². The van der Waals surface area contributed by atoms with Gasteiger partial charge in [-0.2, -0.15) is 0 Å². The fourth-order valence-corrected chi connectivity index (χ4v) is 3.25. The van der Waals surface area contributed by atoms with Gasteiger partial charge in [0.1, 0.15) is 23.9 Å². The van der Waals surface area contributed by atoms with Gasteiger partial charge in [0.15, 0.2) is 6.29 Å². The molecule has 0 radical (unpaired) electrons. The van der Waals surface area contributed by atoms with Crippen LogP contribution in [0.4, 0.5) is 0 Å². The second kappa shape index (κ2) is 10.2. The topological polar surface area (TPSA) is 36.9 Å². The molecule has 0 aliphatic carbocycles. The lowest BCUT2D eigenvalue weighted by Crippen LogP contribution is -2.20. The maximum atomic E-state index is 5.94. The van der Waals surface area contributed by atoms with Crippen LogP contribution in [0.15, 0.2) is 60.7 Å². The second-order valence-corrected chi connectivity index (χ2v) is 7.09. The average Bonchev–Trinajstić information content (AvgIpc) is 2.76. The van der Waals surface area contributed by atoms with Crippen molar-refractivity contribution in [3.8, 4) is 17.2 Å². The fraction of sp³-hybridized carbons (Fsp3) is 0.360. The van der Waals surface area contributed by atoms with Gasteiger partial charge in [-0.05, 0) is 49.1 Å². The minimum atomic E-state index is -0.347. The normalized spacial score (nSPS) is 13.1. The Morgan fingerprint density at radius 3 is 2.10 bits per heavy atom. The van der Waals surface area contributed by atoms with Gasteiger partial charge in [-0.25, -0.2) is 0 Å². The zero-order chi connectivity index (χ0) is 20.6. The number of fused-ring (bicyclic) bond motifs is 1. The number of methoxy groups -OCH3 is 1. The summed E-state index contributed by atoms with van der Waals surface area (Å²) >= 11 is 0. The predicted molar refractivity (Wildman–Crippen MR) is 117 cm³/mol. The molecule has 0 aromatic heterocycles. The molecule has 0 N–H and O–H groups in total. The first kappa shape index (κ1) is 21.0. The van der Waals surface area contributed by atoms with E-state index >= 15 is 0 Å². The molecular formula is C25H30O4. The van der Waals surface area contributed by atoms with Crippen LogP contribution in [0.3, 0.4) is 0 Å². The van der Waals surface area contributed by atoms with Crippen LogP contribution >= 0.6 is 0 Å². The quantitative estimate of drug-likeness (QED) is 0.304. The lowest BCUT2D eigenvalue weighted by atomic mass is 9.99. The van der Waals surface area contributed by atoms with Gasteiger partial charge in [-0.1, -0.05) is 50.2 Å². The molecule has 0 aliphatic rings. The SMILES string of the molecule is CCC(C)c1ccc(OC(C)OCCOc2ccc(OC)c3ccccc23)cc1. The van der Waals surface area contributed by atoms with Gasteiger partial charge >= 0.3 is 0 Å². The van der Waals surface area contributed by atoms with E-state index in [0.717, 1.165) is 34.4 Å². The summed E-state index contributed by atoms with van der Waals surface area (Å²) in [5, 5.41) is 2.06. The zero-order valence-electron chi connectivity index (χ0n) is 17.7. The number of hydrogen-bond donors (Lipinski definition) is 0. The molecule has 0 fully saturated rings. The molecule has 3 aromatic rings. The van der Waals surface area contributed by atoms with Crippen molar-refractivity contribution in [1.29, 1.82) is 0 Å². The highest BCUT2D eigenvalue weighted by Crippen LogP contribution is 2.32. The van der Waals surface area contributed by atoms with Gasteiger partial charge < -0.3 is 18.9 Å². The van der Waals surface area contributed by atoms with Crippen molar-refractivity contribution < 1.29 is 18.9 Å². The van der Waals surface area contributed by atoms with E-state index in [4.69, 9.17) is 18.9 Å². The summed E-state index contributed by atoms with van der Waals surface area (Å²) in [6, 6.07) is 20.1. The highest BCUT2D eigenvalue weighted by molar-refractivity contribution is 5.93. The Balaban J connectivity index is 1.49. The molecule has 0 saturated carbocycles. The standard InChI is InChI=1S/C25H30O4/c1-5-18(2)20-10-12-21(13-11-20)29-19(3)27-16-17-28-25-15-14-24(26-4)22-8-6-7-9-23(22)25/h6-15,18-19H,5,16-17H2,1-4H3. The molecule has 0 saturated heterocycles. The van der Waals surface area contributed by atoms with E-state index in [1.54, 1.807) is 7.11 Å². The molecule has 0 bridgehead atoms. The molecule has 2 unspecified atom stereocenters. The van der Waals surface area contributed by atoms with Gasteiger partial charge in [-0.15, -0.1) is 0 Å². The molecule has 0 spiro atoms. The molecule has 4 nitrogen and oxygen atoms in total. The number of ether oxygens (including phenoxy) is 4. The third kappa shape index (κ3) is 5.42. The van der Waals surface area contributed by atoms with Gasteiger partial charge in [0.2, 0.25) is 0 Å². The molecule has 29 heavy (non-hydrogen) atoms. The molecular weight excluding hydrogens is 364 g/mol. The first-order chi connectivity index (χ1) is 14.1. The van der Waals surface area contributed by atoms with Crippen LogP contribution in [0, 0.1) is 0 Å². The second-order valence-electron chi connectivity index (χ2n) is 7.09. The maximum Gasteiger partial charge on any atom is 0.197 e. The van der Waals surface area contributed by atoms with Crippen LogP contribution < -0.4 is 14.2 Å². The Hall–Kier alpha value is -2.72. The molecule has 0 heterocycles. The highest BCUT2D eigenvalue weighted by Gasteiger charge is 2.09. The van der Waals surface area contributed by atoms with Crippen LogP contribution in [0.2, 0.25) is 0 Å². The third-order valence-corrected chi connectivity index (χ3v) is 5.12. The van der Waals surface area contributed by atoms with Crippen molar-refractivity contribution in [2.75, 3.05) is 20.3 Å². The summed E-state index contributed by atoms with van der Waals surface area (Å²) in [6.45, 7) is 7.20. The molecule has 4 heteroatoms. The third-order valence-electron chi connectivity index (χ3n) is 5.12. The van der Waals surface area contributed by atoms with Crippen LogP contribution in [-0.2, 0) is 4.74 Å². The minimum absolute atomic E-state index is 0.347. The van der Waals surface area contributed by atoms with Crippen LogP contribution in [0.25, 0.3) is 10.8 Å². The van der Waals surface area contributed by atoms with Crippen molar-refractivity contribution in [3.63, 3.8) is 0 Å². The van der Waals surface area contributed by atoms with E-state index in [9.17, 15) is 0 Å². The van der Waals surface area contributed by atoms with Gasteiger partial charge in [-0.3, -0.25) is 0 Å². The molecule has 3 aromatic carbocycles. The summed E-state index contributed by atoms with van der Waals surface area (Å²) in [4.78, 5) is 0. The molecule has 2 atom stereocenters. The van der Waals surface area contributed by atoms with E-state index in [-0.39, 0.29) is 6.29 Å². The van der Waals surface area contributed by atoms with Crippen LogP contribution in [0.1, 0.15) is 38.7 Å². The Bertz CT molecular complexity index is 904. The smallest absolute Gasteiger partial charge is 0.197 e. The summed E-state index contributed by atoms with van der Waals surface area (Å²) < 4.78 is 23.0. The Kier molecular flexibility index (Phi) is 7.36. The first-order valence-corrected chi connectivity index (χ1v) is 10.2. The maximum absolute atomic E-state index is 5.94. The van der Waals surface area contributed by atoms with E-state index < -0.39 is 0 Å². The van der Waals surface area contributed by atoms with Crippen molar-refractivity contribution >= 4 is 10.8 Å². The average molecular weight is 395 g/mol. The number of hydrogen-bond acceptors (Lipinski definition) is 4. The van der Waals surface area contributed by atoms with Gasteiger partial charge in [0, 0.05) is 10.8 Å². The summed E-state index contributed by atoms with van der Waals surface area (Å²) in [7, 11) is 1.68. The minimum Gasteiger partial charge on any atom is -0.496 e. The zero-order valence-corrected chi connectivity index (χ0v) is 17.7. The van der Waals surface area contributed by atoms with E-state index in [2.05, 4.69) is 26.0 Å². The van der Waals surface area contributed by atoms with Crippen molar-refractivity contribution in [2.45, 2.75) is 39.4 Å². The van der Waals surface area contributed by atoms with Crippen LogP contribution in [-0.4, -0.2) is 26.6 Å². The molecule has 3 rings (SSSR count). The fourth-order valence-electron chi connectivity index (χ4n) is 3.25. The van der Waals surface area contributed by atoms with Crippen molar-refractivity contribution in [2.24, 2.45) is 0 Å². The lowest BCUT2D eigenvalue weighted by Gasteiger charge is -2.17. The summed E-state index contributed by atoms with van der Waals surface area (Å²) in [5.41, 5.74) is 1.33. The van der Waals surface area contributed by atoms with Crippen molar-refractivity contribution in [3.05, 3.63) is 66.2 Å². The molecule has 154 valence electrons. The lowest BCUT2D eigenvalue weighted by molar-refractivity contribution is -0.0738. The Morgan fingerprint density at radius 2 is 1.45 bits per heavy atom. The summed E-state index contributed by atoms with van der Waals surface area (Å²) in [6.07, 6.45) is 0.782. The Labute approximate surface area is 173 Å². The van der Waals surface area contributed by atoms with E-state index in [1.807, 2.05) is 55.5 Å². The van der Waals surface area contributed by atoms with Crippen molar-refractivity contribution in [1.82, 2.24) is 0 Å². The first-order valence-electron chi connectivity index (χ1n) is 10.2.